The first-order chi connectivity index (χ1) is 14.6. The maximum Gasteiger partial charge on any atom is 0.252 e. The minimum Gasteiger partial charge on any atom is -0.352 e. The Morgan fingerprint density at radius 3 is 2.16 bits per heavy atom. The Kier molecular flexibility index (Phi) is 9.08. The van der Waals surface area contributed by atoms with E-state index in [1.54, 1.807) is 6.07 Å². The van der Waals surface area contributed by atoms with Crippen LogP contribution >= 0.6 is 0 Å². The molecule has 1 aliphatic rings. The smallest absolute Gasteiger partial charge is 0.252 e. The van der Waals surface area contributed by atoms with Gasteiger partial charge < -0.3 is 15.5 Å². The molecule has 0 bridgehead atoms. The zero-order chi connectivity index (χ0) is 23.1. The molecule has 0 radical (unpaired) electrons. The van der Waals surface area contributed by atoms with Gasteiger partial charge >= 0.3 is 0 Å². The van der Waals surface area contributed by atoms with Crippen molar-refractivity contribution >= 4 is 17.7 Å². The lowest BCUT2D eigenvalue weighted by Crippen LogP contribution is -2.55. The number of likely N-dealkylation sites (tertiary alicyclic amines) is 1. The van der Waals surface area contributed by atoms with Gasteiger partial charge in [-0.25, -0.2) is 0 Å². The SMILES string of the molecule is Cc1ccccc1C(=O)N[C@@H](C(=O)N[C@H](C)C(C)C)C1CCN(C(=O)CC(C)C)CC1. The fourth-order valence-corrected chi connectivity index (χ4v) is 3.89. The average Bonchev–Trinajstić information content (AvgIpc) is 2.71. The molecule has 1 aromatic carbocycles. The Morgan fingerprint density at radius 2 is 1.61 bits per heavy atom. The summed E-state index contributed by atoms with van der Waals surface area (Å²) in [7, 11) is 0. The molecule has 0 spiro atoms. The molecule has 0 saturated carbocycles. The predicted molar refractivity (Wildman–Crippen MR) is 124 cm³/mol. The van der Waals surface area contributed by atoms with Gasteiger partial charge in [-0.2, -0.15) is 0 Å². The van der Waals surface area contributed by atoms with Gasteiger partial charge in [0.2, 0.25) is 11.8 Å². The van der Waals surface area contributed by atoms with Crippen LogP contribution in [0.1, 0.15) is 69.8 Å². The van der Waals surface area contributed by atoms with E-state index < -0.39 is 6.04 Å². The summed E-state index contributed by atoms with van der Waals surface area (Å²) in [5.74, 6) is 0.424. The fraction of sp³-hybridized carbons (Fsp3) is 0.640. The highest BCUT2D eigenvalue weighted by atomic mass is 16.2. The Morgan fingerprint density at radius 1 is 1.00 bits per heavy atom. The van der Waals surface area contributed by atoms with E-state index in [4.69, 9.17) is 0 Å². The Bertz CT molecular complexity index is 767. The number of aryl methyl sites for hydroxylation is 1. The van der Waals surface area contributed by atoms with Crippen molar-refractivity contribution in [2.75, 3.05) is 13.1 Å². The van der Waals surface area contributed by atoms with E-state index in [9.17, 15) is 14.4 Å². The van der Waals surface area contributed by atoms with Crippen molar-refractivity contribution in [1.29, 1.82) is 0 Å². The highest BCUT2D eigenvalue weighted by molar-refractivity contribution is 5.98. The fourth-order valence-electron chi connectivity index (χ4n) is 3.89. The Labute approximate surface area is 187 Å². The quantitative estimate of drug-likeness (QED) is 0.663. The van der Waals surface area contributed by atoms with Crippen LogP contribution in [-0.4, -0.2) is 47.8 Å². The number of nitrogens with zero attached hydrogens (tertiary/aromatic N) is 1. The minimum atomic E-state index is -0.615. The summed E-state index contributed by atoms with van der Waals surface area (Å²) in [6.45, 7) is 13.3. The van der Waals surface area contributed by atoms with Gasteiger partial charge in [0.15, 0.2) is 0 Å². The van der Waals surface area contributed by atoms with Crippen LogP contribution in [-0.2, 0) is 9.59 Å². The van der Waals surface area contributed by atoms with Crippen LogP contribution in [0, 0.1) is 24.7 Å². The van der Waals surface area contributed by atoms with Gasteiger partial charge in [0.05, 0.1) is 0 Å². The van der Waals surface area contributed by atoms with Crippen LogP contribution in [0.5, 0.6) is 0 Å². The number of hydrogen-bond acceptors (Lipinski definition) is 3. The molecule has 1 aliphatic heterocycles. The van der Waals surface area contributed by atoms with Crippen LogP contribution in [0.25, 0.3) is 0 Å². The van der Waals surface area contributed by atoms with E-state index in [1.165, 1.54) is 0 Å². The standard InChI is InChI=1S/C25H39N3O3/c1-16(2)15-22(29)28-13-11-20(12-14-28)23(25(31)26-19(6)17(3)4)27-24(30)21-10-8-7-9-18(21)5/h7-10,16-17,19-20,23H,11-15H2,1-6H3,(H,26,31)(H,27,30)/t19-,23-/m1/s1. The van der Waals surface area contributed by atoms with Crippen LogP contribution in [0.2, 0.25) is 0 Å². The summed E-state index contributed by atoms with van der Waals surface area (Å²) in [5.41, 5.74) is 1.46. The number of amides is 3. The summed E-state index contributed by atoms with van der Waals surface area (Å²) in [6, 6.07) is 6.79. The summed E-state index contributed by atoms with van der Waals surface area (Å²) in [4.78, 5) is 40.5. The molecule has 2 rings (SSSR count). The lowest BCUT2D eigenvalue weighted by Gasteiger charge is -2.36. The van der Waals surface area contributed by atoms with E-state index in [-0.39, 0.29) is 29.7 Å². The zero-order valence-corrected chi connectivity index (χ0v) is 19.9. The molecule has 1 heterocycles. The topological polar surface area (TPSA) is 78.5 Å². The van der Waals surface area contributed by atoms with Crippen LogP contribution < -0.4 is 10.6 Å². The van der Waals surface area contributed by atoms with Gasteiger partial charge in [-0.3, -0.25) is 14.4 Å². The maximum absolute atomic E-state index is 13.2. The number of hydrogen-bond donors (Lipinski definition) is 2. The van der Waals surface area contributed by atoms with Crippen molar-refractivity contribution < 1.29 is 14.4 Å². The first-order valence-electron chi connectivity index (χ1n) is 11.5. The highest BCUT2D eigenvalue weighted by Crippen LogP contribution is 2.23. The normalized spacial score (nSPS) is 16.8. The van der Waals surface area contributed by atoms with Gasteiger partial charge in [0, 0.05) is 31.1 Å². The molecule has 6 nitrogen and oxygen atoms in total. The third-order valence-corrected chi connectivity index (χ3v) is 6.28. The first kappa shape index (κ1) is 24.9. The molecule has 0 aliphatic carbocycles. The number of rotatable bonds is 8. The van der Waals surface area contributed by atoms with E-state index in [1.807, 2.05) is 50.8 Å². The van der Waals surface area contributed by atoms with Crippen LogP contribution in [0.15, 0.2) is 24.3 Å². The van der Waals surface area contributed by atoms with Crippen molar-refractivity contribution in [3.8, 4) is 0 Å². The summed E-state index contributed by atoms with van der Waals surface area (Å²) >= 11 is 0. The number of benzene rings is 1. The average molecular weight is 430 g/mol. The molecule has 0 aromatic heterocycles. The molecule has 1 fully saturated rings. The second-order valence-corrected chi connectivity index (χ2v) is 9.62. The molecule has 172 valence electrons. The highest BCUT2D eigenvalue weighted by Gasteiger charge is 2.34. The third kappa shape index (κ3) is 7.08. The van der Waals surface area contributed by atoms with Crippen molar-refractivity contribution in [2.45, 2.75) is 72.9 Å². The molecular formula is C25H39N3O3. The zero-order valence-electron chi connectivity index (χ0n) is 19.9. The van der Waals surface area contributed by atoms with Gasteiger partial charge in [0.1, 0.15) is 6.04 Å². The monoisotopic (exact) mass is 429 g/mol. The van der Waals surface area contributed by atoms with Gasteiger partial charge in [0.25, 0.3) is 5.91 Å². The lowest BCUT2D eigenvalue weighted by molar-refractivity contribution is -0.133. The number of nitrogens with one attached hydrogen (secondary N) is 2. The summed E-state index contributed by atoms with van der Waals surface area (Å²) in [6.07, 6.45) is 1.95. The van der Waals surface area contributed by atoms with Crippen molar-refractivity contribution in [2.24, 2.45) is 17.8 Å². The van der Waals surface area contributed by atoms with Crippen LogP contribution in [0.3, 0.4) is 0 Å². The van der Waals surface area contributed by atoms with Crippen molar-refractivity contribution in [1.82, 2.24) is 15.5 Å². The first-order valence-corrected chi connectivity index (χ1v) is 11.5. The maximum atomic E-state index is 13.2. The third-order valence-electron chi connectivity index (χ3n) is 6.28. The molecule has 1 saturated heterocycles. The molecular weight excluding hydrogens is 390 g/mol. The van der Waals surface area contributed by atoms with Crippen LogP contribution in [0.4, 0.5) is 0 Å². The lowest BCUT2D eigenvalue weighted by atomic mass is 9.87. The van der Waals surface area contributed by atoms with Gasteiger partial charge in [-0.05, 0) is 56.1 Å². The van der Waals surface area contributed by atoms with E-state index in [0.717, 1.165) is 5.56 Å². The molecule has 31 heavy (non-hydrogen) atoms. The van der Waals surface area contributed by atoms with E-state index in [0.29, 0.717) is 49.8 Å². The number of piperidine rings is 1. The van der Waals surface area contributed by atoms with Crippen molar-refractivity contribution in [3.05, 3.63) is 35.4 Å². The molecule has 1 aromatic rings. The van der Waals surface area contributed by atoms with E-state index in [2.05, 4.69) is 24.5 Å². The molecule has 0 unspecified atom stereocenters. The van der Waals surface area contributed by atoms with Gasteiger partial charge in [-0.15, -0.1) is 0 Å². The summed E-state index contributed by atoms with van der Waals surface area (Å²) < 4.78 is 0. The summed E-state index contributed by atoms with van der Waals surface area (Å²) in [5, 5.41) is 6.08. The predicted octanol–water partition coefficient (Wildman–Crippen LogP) is 3.54. The molecule has 2 N–H and O–H groups in total. The second kappa shape index (κ2) is 11.3. The minimum absolute atomic E-state index is 0.00423. The second-order valence-electron chi connectivity index (χ2n) is 9.62. The van der Waals surface area contributed by atoms with E-state index >= 15 is 0 Å². The largest absolute Gasteiger partial charge is 0.352 e. The van der Waals surface area contributed by atoms with Crippen molar-refractivity contribution in [3.63, 3.8) is 0 Å². The molecule has 2 atom stereocenters. The van der Waals surface area contributed by atoms with Gasteiger partial charge in [-0.1, -0.05) is 45.9 Å². The number of carbonyl (C=O) groups excluding carboxylic acids is 3. The molecule has 6 heteroatoms. The molecule has 3 amide bonds. The Hall–Kier alpha value is -2.37. The number of carbonyl (C=O) groups is 3. The Balaban J connectivity index is 2.13.